The van der Waals surface area contributed by atoms with Crippen LogP contribution in [-0.2, 0) is 9.53 Å². The first-order valence-electron chi connectivity index (χ1n) is 4.50. The average Bonchev–Trinajstić information content (AvgIpc) is 2.55. The van der Waals surface area contributed by atoms with Crippen molar-refractivity contribution in [2.24, 2.45) is 5.92 Å². The van der Waals surface area contributed by atoms with Crippen LogP contribution in [0.15, 0.2) is 12.2 Å². The summed E-state index contributed by atoms with van der Waals surface area (Å²) < 4.78 is 4.58. The number of rotatable bonds is 3. The lowest BCUT2D eigenvalue weighted by molar-refractivity contribution is -0.136. The Labute approximate surface area is 73.6 Å². The maximum Gasteiger partial charge on any atom is 0.333 e. The first kappa shape index (κ1) is 9.30. The number of methoxy groups -OCH3 is 1. The second kappa shape index (κ2) is 4.29. The summed E-state index contributed by atoms with van der Waals surface area (Å²) in [6, 6.07) is 0. The predicted molar refractivity (Wildman–Crippen MR) is 47.7 cm³/mol. The van der Waals surface area contributed by atoms with Crippen molar-refractivity contribution in [1.82, 2.24) is 0 Å². The molecule has 68 valence electrons. The zero-order valence-corrected chi connectivity index (χ0v) is 7.64. The molecule has 0 aromatic carbocycles. The molecule has 1 aliphatic carbocycles. The van der Waals surface area contributed by atoms with E-state index in [1.165, 1.54) is 32.8 Å². The SMILES string of the molecule is C=C(CC1CCCC1)C(=O)OC. The number of ether oxygens (including phenoxy) is 1. The summed E-state index contributed by atoms with van der Waals surface area (Å²) in [6.45, 7) is 3.71. The highest BCUT2D eigenvalue weighted by Gasteiger charge is 2.18. The van der Waals surface area contributed by atoms with Crippen molar-refractivity contribution >= 4 is 5.97 Å². The Bertz CT molecular complexity index is 178. The van der Waals surface area contributed by atoms with E-state index in [9.17, 15) is 4.79 Å². The highest BCUT2D eigenvalue weighted by molar-refractivity contribution is 5.87. The fourth-order valence-electron chi connectivity index (χ4n) is 1.79. The lowest BCUT2D eigenvalue weighted by atomic mass is 9.99. The van der Waals surface area contributed by atoms with Crippen molar-refractivity contribution in [3.8, 4) is 0 Å². The third-order valence-electron chi connectivity index (χ3n) is 2.48. The van der Waals surface area contributed by atoms with Gasteiger partial charge in [-0.3, -0.25) is 0 Å². The molecule has 0 aromatic heterocycles. The molecule has 2 nitrogen and oxygen atoms in total. The number of esters is 1. The second-order valence-electron chi connectivity index (χ2n) is 3.45. The van der Waals surface area contributed by atoms with Gasteiger partial charge in [-0.25, -0.2) is 4.79 Å². The highest BCUT2D eigenvalue weighted by atomic mass is 16.5. The van der Waals surface area contributed by atoms with Gasteiger partial charge in [-0.1, -0.05) is 32.3 Å². The van der Waals surface area contributed by atoms with Gasteiger partial charge in [0, 0.05) is 5.57 Å². The van der Waals surface area contributed by atoms with Gasteiger partial charge in [-0.15, -0.1) is 0 Å². The van der Waals surface area contributed by atoms with Crippen LogP contribution < -0.4 is 0 Å². The summed E-state index contributed by atoms with van der Waals surface area (Å²) in [7, 11) is 1.40. The Morgan fingerprint density at radius 3 is 2.58 bits per heavy atom. The Kier molecular flexibility index (Phi) is 3.32. The summed E-state index contributed by atoms with van der Waals surface area (Å²) in [6.07, 6.45) is 5.93. The molecular weight excluding hydrogens is 152 g/mol. The van der Waals surface area contributed by atoms with E-state index in [0.29, 0.717) is 11.5 Å². The van der Waals surface area contributed by atoms with Gasteiger partial charge < -0.3 is 4.74 Å². The summed E-state index contributed by atoms with van der Waals surface area (Å²) in [5.74, 6) is 0.429. The molecule has 12 heavy (non-hydrogen) atoms. The molecule has 0 spiro atoms. The number of hydrogen-bond donors (Lipinski definition) is 0. The van der Waals surface area contributed by atoms with E-state index in [4.69, 9.17) is 0 Å². The molecule has 0 amide bonds. The van der Waals surface area contributed by atoms with E-state index in [2.05, 4.69) is 11.3 Å². The van der Waals surface area contributed by atoms with Gasteiger partial charge in [-0.2, -0.15) is 0 Å². The normalized spacial score (nSPS) is 17.8. The molecule has 0 aromatic rings. The molecule has 0 aliphatic heterocycles. The molecule has 0 N–H and O–H groups in total. The van der Waals surface area contributed by atoms with E-state index in [-0.39, 0.29) is 5.97 Å². The quantitative estimate of drug-likeness (QED) is 0.477. The molecule has 0 bridgehead atoms. The van der Waals surface area contributed by atoms with Crippen LogP contribution in [0.1, 0.15) is 32.1 Å². The maximum atomic E-state index is 11.0. The van der Waals surface area contributed by atoms with Gasteiger partial charge in [0.25, 0.3) is 0 Å². The summed E-state index contributed by atoms with van der Waals surface area (Å²) in [5, 5.41) is 0. The van der Waals surface area contributed by atoms with Gasteiger partial charge in [0.1, 0.15) is 0 Å². The maximum absolute atomic E-state index is 11.0. The Morgan fingerprint density at radius 1 is 1.50 bits per heavy atom. The van der Waals surface area contributed by atoms with Gasteiger partial charge >= 0.3 is 5.97 Å². The molecule has 0 heterocycles. The molecule has 1 rings (SSSR count). The van der Waals surface area contributed by atoms with Crippen molar-refractivity contribution in [2.45, 2.75) is 32.1 Å². The van der Waals surface area contributed by atoms with Crippen molar-refractivity contribution < 1.29 is 9.53 Å². The lowest BCUT2D eigenvalue weighted by Gasteiger charge is -2.08. The summed E-state index contributed by atoms with van der Waals surface area (Å²) >= 11 is 0. The van der Waals surface area contributed by atoms with Crippen molar-refractivity contribution in [1.29, 1.82) is 0 Å². The minimum absolute atomic E-state index is 0.248. The van der Waals surface area contributed by atoms with Gasteiger partial charge in [0.05, 0.1) is 7.11 Å². The minimum Gasteiger partial charge on any atom is -0.466 e. The van der Waals surface area contributed by atoms with E-state index in [0.717, 1.165) is 6.42 Å². The van der Waals surface area contributed by atoms with Crippen LogP contribution in [0.3, 0.4) is 0 Å². The Morgan fingerprint density at radius 2 is 2.08 bits per heavy atom. The van der Waals surface area contributed by atoms with E-state index < -0.39 is 0 Å². The molecule has 1 fully saturated rings. The highest BCUT2D eigenvalue weighted by Crippen LogP contribution is 2.29. The van der Waals surface area contributed by atoms with Crippen LogP contribution in [-0.4, -0.2) is 13.1 Å². The zero-order chi connectivity index (χ0) is 8.97. The summed E-state index contributed by atoms with van der Waals surface area (Å²) in [5.41, 5.74) is 0.629. The summed E-state index contributed by atoms with van der Waals surface area (Å²) in [4.78, 5) is 11.0. The average molecular weight is 168 g/mol. The molecular formula is C10H16O2. The molecule has 0 unspecified atom stereocenters. The van der Waals surface area contributed by atoms with Gasteiger partial charge in [-0.05, 0) is 12.3 Å². The topological polar surface area (TPSA) is 26.3 Å². The fourth-order valence-corrected chi connectivity index (χ4v) is 1.79. The molecule has 1 saturated carbocycles. The van der Waals surface area contributed by atoms with E-state index in [1.54, 1.807) is 0 Å². The smallest absolute Gasteiger partial charge is 0.333 e. The van der Waals surface area contributed by atoms with Crippen molar-refractivity contribution in [2.75, 3.05) is 7.11 Å². The molecule has 0 atom stereocenters. The molecule has 1 aliphatic rings. The Hall–Kier alpha value is -0.790. The number of carbonyl (C=O) groups is 1. The molecule has 0 saturated heterocycles. The van der Waals surface area contributed by atoms with Crippen molar-refractivity contribution in [3.63, 3.8) is 0 Å². The van der Waals surface area contributed by atoms with Gasteiger partial charge in [0.15, 0.2) is 0 Å². The predicted octanol–water partition coefficient (Wildman–Crippen LogP) is 2.30. The van der Waals surface area contributed by atoms with Gasteiger partial charge in [0.2, 0.25) is 0 Å². The van der Waals surface area contributed by atoms with E-state index in [1.807, 2.05) is 0 Å². The Balaban J connectivity index is 2.29. The van der Waals surface area contributed by atoms with Crippen molar-refractivity contribution in [3.05, 3.63) is 12.2 Å². The van der Waals surface area contributed by atoms with Crippen LogP contribution in [0.4, 0.5) is 0 Å². The number of carbonyl (C=O) groups excluding carboxylic acids is 1. The van der Waals surface area contributed by atoms with E-state index >= 15 is 0 Å². The largest absolute Gasteiger partial charge is 0.466 e. The second-order valence-corrected chi connectivity index (χ2v) is 3.45. The minimum atomic E-state index is -0.248. The van der Waals surface area contributed by atoms with Crippen LogP contribution in [0.2, 0.25) is 0 Å². The number of hydrogen-bond acceptors (Lipinski definition) is 2. The standard InChI is InChI=1S/C10H16O2/c1-8(10(11)12-2)7-9-5-3-4-6-9/h9H,1,3-7H2,2H3. The molecule has 0 radical (unpaired) electrons. The third-order valence-corrected chi connectivity index (χ3v) is 2.48. The zero-order valence-electron chi connectivity index (χ0n) is 7.64. The fraction of sp³-hybridized carbons (Fsp3) is 0.700. The first-order chi connectivity index (χ1) is 5.74. The lowest BCUT2D eigenvalue weighted by Crippen LogP contribution is -2.07. The van der Waals surface area contributed by atoms with Crippen LogP contribution in [0.5, 0.6) is 0 Å². The third kappa shape index (κ3) is 2.36. The van der Waals surface area contributed by atoms with Crippen LogP contribution in [0.25, 0.3) is 0 Å². The first-order valence-corrected chi connectivity index (χ1v) is 4.50. The monoisotopic (exact) mass is 168 g/mol. The van der Waals surface area contributed by atoms with Crippen LogP contribution >= 0.6 is 0 Å². The molecule has 2 heteroatoms. The van der Waals surface area contributed by atoms with Crippen LogP contribution in [0, 0.1) is 5.92 Å².